The maximum atomic E-state index is 12.3. The van der Waals surface area contributed by atoms with Crippen molar-refractivity contribution in [2.45, 2.75) is 25.3 Å². The van der Waals surface area contributed by atoms with Crippen molar-refractivity contribution in [2.75, 3.05) is 18.4 Å². The molecule has 0 saturated carbocycles. The van der Waals surface area contributed by atoms with Gasteiger partial charge in [0.2, 0.25) is 5.91 Å². The smallest absolute Gasteiger partial charge is 0.287 e. The highest BCUT2D eigenvalue weighted by atomic mass is 16.6. The van der Waals surface area contributed by atoms with Crippen molar-refractivity contribution in [3.8, 4) is 0 Å². The van der Waals surface area contributed by atoms with Crippen molar-refractivity contribution in [3.05, 3.63) is 58.5 Å². The summed E-state index contributed by atoms with van der Waals surface area (Å²) in [6.45, 7) is 1.32. The van der Waals surface area contributed by atoms with Crippen LogP contribution in [0.15, 0.2) is 42.9 Å². The number of amides is 1. The lowest BCUT2D eigenvalue weighted by Crippen LogP contribution is -2.31. The molecule has 1 fully saturated rings. The molecule has 1 saturated heterocycles. The Balaban J connectivity index is 1.47. The molecule has 3 heterocycles. The summed E-state index contributed by atoms with van der Waals surface area (Å²) < 4.78 is 0. The van der Waals surface area contributed by atoms with Crippen molar-refractivity contribution in [2.24, 2.45) is 0 Å². The van der Waals surface area contributed by atoms with E-state index in [4.69, 9.17) is 0 Å². The zero-order valence-corrected chi connectivity index (χ0v) is 13.7. The summed E-state index contributed by atoms with van der Waals surface area (Å²) in [5.41, 5.74) is 1.02. The predicted molar refractivity (Wildman–Crippen MR) is 92.1 cm³/mol. The van der Waals surface area contributed by atoms with Gasteiger partial charge in [-0.3, -0.25) is 19.9 Å². The molecule has 0 bridgehead atoms. The van der Waals surface area contributed by atoms with E-state index in [9.17, 15) is 14.9 Å². The van der Waals surface area contributed by atoms with Crippen LogP contribution in [0.3, 0.4) is 0 Å². The van der Waals surface area contributed by atoms with Crippen molar-refractivity contribution < 1.29 is 9.72 Å². The maximum Gasteiger partial charge on any atom is 0.287 e. The third-order valence-electron chi connectivity index (χ3n) is 4.20. The highest BCUT2D eigenvalue weighted by Gasteiger charge is 2.26. The minimum absolute atomic E-state index is 0.0378. The Morgan fingerprint density at radius 2 is 2.24 bits per heavy atom. The van der Waals surface area contributed by atoms with Gasteiger partial charge < -0.3 is 10.2 Å². The molecule has 2 aromatic rings. The second-order valence-corrected chi connectivity index (χ2v) is 5.99. The molecule has 25 heavy (non-hydrogen) atoms. The van der Waals surface area contributed by atoms with Gasteiger partial charge in [-0.1, -0.05) is 6.07 Å². The fourth-order valence-electron chi connectivity index (χ4n) is 2.85. The summed E-state index contributed by atoms with van der Waals surface area (Å²) in [6.07, 6.45) is 6.71. The fraction of sp³-hybridized carbons (Fsp3) is 0.353. The Bertz CT molecular complexity index is 736. The van der Waals surface area contributed by atoms with Crippen molar-refractivity contribution in [1.82, 2.24) is 14.9 Å². The molecule has 2 aromatic heterocycles. The Kier molecular flexibility index (Phi) is 5.17. The molecule has 8 heteroatoms. The summed E-state index contributed by atoms with van der Waals surface area (Å²) in [7, 11) is 0. The number of likely N-dealkylation sites (tertiary alicyclic amines) is 1. The molecule has 1 amide bonds. The van der Waals surface area contributed by atoms with Crippen LogP contribution < -0.4 is 5.32 Å². The van der Waals surface area contributed by atoms with Crippen LogP contribution in [0.2, 0.25) is 0 Å². The van der Waals surface area contributed by atoms with Gasteiger partial charge in [-0.15, -0.1) is 0 Å². The van der Waals surface area contributed by atoms with Crippen LogP contribution in [0.25, 0.3) is 0 Å². The van der Waals surface area contributed by atoms with Crippen molar-refractivity contribution in [3.63, 3.8) is 0 Å². The number of hydrogen-bond acceptors (Lipinski definition) is 6. The van der Waals surface area contributed by atoms with E-state index in [-0.39, 0.29) is 17.6 Å². The second-order valence-electron chi connectivity index (χ2n) is 5.99. The minimum Gasteiger partial charge on any atom is -0.365 e. The van der Waals surface area contributed by atoms with E-state index in [1.807, 2.05) is 17.0 Å². The Morgan fingerprint density at radius 1 is 1.36 bits per heavy atom. The number of carbonyl (C=O) groups is 1. The van der Waals surface area contributed by atoms with Gasteiger partial charge in [-0.2, -0.15) is 0 Å². The van der Waals surface area contributed by atoms with Gasteiger partial charge in [0.25, 0.3) is 5.69 Å². The number of hydrogen-bond donors (Lipinski definition) is 1. The molecular formula is C17H19N5O3. The first-order valence-electron chi connectivity index (χ1n) is 8.15. The van der Waals surface area contributed by atoms with Gasteiger partial charge in [-0.05, 0) is 30.5 Å². The van der Waals surface area contributed by atoms with Crippen LogP contribution in [-0.4, -0.2) is 44.8 Å². The van der Waals surface area contributed by atoms with Gasteiger partial charge in [0, 0.05) is 44.0 Å². The summed E-state index contributed by atoms with van der Waals surface area (Å²) >= 11 is 0. The molecule has 1 aliphatic rings. The number of pyridine rings is 2. The zero-order chi connectivity index (χ0) is 17.6. The van der Waals surface area contributed by atoms with Gasteiger partial charge in [0.15, 0.2) is 0 Å². The third kappa shape index (κ3) is 4.50. The second kappa shape index (κ2) is 7.69. The molecule has 130 valence electrons. The molecule has 3 rings (SSSR count). The lowest BCUT2D eigenvalue weighted by Gasteiger charge is -2.17. The average Bonchev–Trinajstić information content (AvgIpc) is 3.09. The van der Waals surface area contributed by atoms with Crippen LogP contribution in [-0.2, 0) is 11.2 Å². The normalized spacial score (nSPS) is 16.6. The number of aromatic nitrogens is 2. The number of rotatable bonds is 6. The molecule has 1 aliphatic heterocycles. The standard InChI is InChI=1S/C17H19N5O3/c23-17(6-3-13-2-1-8-18-10-13)21-9-7-14(12-21)20-16-5-4-15(11-19-16)22(24)25/h1-2,4-5,8,10-11,14H,3,6-7,9,12H2,(H,19,20)/t14-/m1/s1. The molecule has 0 radical (unpaired) electrons. The quantitative estimate of drug-likeness (QED) is 0.637. The van der Waals surface area contributed by atoms with Crippen LogP contribution in [0, 0.1) is 10.1 Å². The number of nitrogens with one attached hydrogen (secondary N) is 1. The number of aryl methyl sites for hydroxylation is 1. The Labute approximate surface area is 145 Å². The topological polar surface area (TPSA) is 101 Å². The van der Waals surface area contributed by atoms with E-state index >= 15 is 0 Å². The highest BCUT2D eigenvalue weighted by molar-refractivity contribution is 5.76. The van der Waals surface area contributed by atoms with Gasteiger partial charge >= 0.3 is 0 Å². The van der Waals surface area contributed by atoms with E-state index in [1.165, 1.54) is 12.3 Å². The van der Waals surface area contributed by atoms with Gasteiger partial charge in [0.05, 0.1) is 4.92 Å². The minimum atomic E-state index is -0.477. The molecule has 0 spiro atoms. The highest BCUT2D eigenvalue weighted by Crippen LogP contribution is 2.18. The fourth-order valence-corrected chi connectivity index (χ4v) is 2.85. The lowest BCUT2D eigenvalue weighted by molar-refractivity contribution is -0.385. The maximum absolute atomic E-state index is 12.3. The number of nitro groups is 1. The van der Waals surface area contributed by atoms with E-state index in [0.29, 0.717) is 31.7 Å². The Morgan fingerprint density at radius 3 is 2.92 bits per heavy atom. The van der Waals surface area contributed by atoms with E-state index in [1.54, 1.807) is 18.5 Å². The monoisotopic (exact) mass is 341 g/mol. The van der Waals surface area contributed by atoms with Crippen LogP contribution in [0.1, 0.15) is 18.4 Å². The summed E-state index contributed by atoms with van der Waals surface area (Å²) in [6, 6.07) is 6.95. The summed E-state index contributed by atoms with van der Waals surface area (Å²) in [5.74, 6) is 0.713. The zero-order valence-electron chi connectivity index (χ0n) is 13.7. The Hall–Kier alpha value is -3.03. The van der Waals surface area contributed by atoms with Crippen molar-refractivity contribution >= 4 is 17.4 Å². The van der Waals surface area contributed by atoms with Crippen LogP contribution in [0.5, 0.6) is 0 Å². The molecule has 8 nitrogen and oxygen atoms in total. The van der Waals surface area contributed by atoms with Crippen LogP contribution in [0.4, 0.5) is 11.5 Å². The largest absolute Gasteiger partial charge is 0.365 e. The molecule has 0 aromatic carbocycles. The first kappa shape index (κ1) is 16.8. The first-order chi connectivity index (χ1) is 12.1. The SMILES string of the molecule is O=C(CCc1cccnc1)N1CC[C@@H](Nc2ccc([N+](=O)[O-])cn2)C1. The van der Waals surface area contributed by atoms with E-state index < -0.39 is 4.92 Å². The molecular weight excluding hydrogens is 322 g/mol. The van der Waals surface area contributed by atoms with Crippen molar-refractivity contribution in [1.29, 1.82) is 0 Å². The third-order valence-corrected chi connectivity index (χ3v) is 4.20. The molecule has 0 unspecified atom stereocenters. The van der Waals surface area contributed by atoms with Gasteiger partial charge in [-0.25, -0.2) is 4.98 Å². The molecule has 1 N–H and O–H groups in total. The van der Waals surface area contributed by atoms with Gasteiger partial charge in [0.1, 0.15) is 12.0 Å². The number of nitrogens with zero attached hydrogens (tertiary/aromatic N) is 4. The number of anilines is 1. The average molecular weight is 341 g/mol. The van der Waals surface area contributed by atoms with E-state index in [0.717, 1.165) is 12.0 Å². The first-order valence-corrected chi connectivity index (χ1v) is 8.15. The summed E-state index contributed by atoms with van der Waals surface area (Å²) in [4.78, 5) is 32.4. The molecule has 1 atom stereocenters. The number of carbonyl (C=O) groups excluding carboxylic acids is 1. The van der Waals surface area contributed by atoms with Crippen LogP contribution >= 0.6 is 0 Å². The predicted octanol–water partition coefficient (Wildman–Crippen LogP) is 2.03. The lowest BCUT2D eigenvalue weighted by atomic mass is 10.1. The summed E-state index contributed by atoms with van der Waals surface area (Å²) in [5, 5.41) is 13.9. The molecule has 0 aliphatic carbocycles. The van der Waals surface area contributed by atoms with E-state index in [2.05, 4.69) is 15.3 Å².